The number of aryl methyl sites for hydroxylation is 1. The van der Waals surface area contributed by atoms with E-state index in [1.807, 2.05) is 25.1 Å². The zero-order valence-corrected chi connectivity index (χ0v) is 10.5. The first-order valence-electron chi connectivity index (χ1n) is 5.78. The quantitative estimate of drug-likeness (QED) is 0.743. The van der Waals surface area contributed by atoms with Gasteiger partial charge >= 0.3 is 0 Å². The molecule has 2 N–H and O–H groups in total. The zero-order valence-electron chi connectivity index (χ0n) is 10.5. The predicted molar refractivity (Wildman–Crippen MR) is 68.3 cm³/mol. The summed E-state index contributed by atoms with van der Waals surface area (Å²) in [5, 5.41) is 18.2. The van der Waals surface area contributed by atoms with Crippen molar-refractivity contribution in [2.75, 3.05) is 38.3 Å². The van der Waals surface area contributed by atoms with Crippen molar-refractivity contribution in [3.8, 4) is 0 Å². The van der Waals surface area contributed by atoms with Crippen molar-refractivity contribution in [2.24, 2.45) is 0 Å². The van der Waals surface area contributed by atoms with Crippen LogP contribution in [0.25, 0.3) is 0 Å². The largest absolute Gasteiger partial charge is 0.395 e. The van der Waals surface area contributed by atoms with Crippen LogP contribution in [0, 0.1) is 6.92 Å². The van der Waals surface area contributed by atoms with E-state index < -0.39 is 0 Å². The third-order valence-electron chi connectivity index (χ3n) is 2.80. The first-order valence-corrected chi connectivity index (χ1v) is 5.78. The fourth-order valence-corrected chi connectivity index (χ4v) is 1.75. The monoisotopic (exact) mass is 239 g/mol. The maximum atomic E-state index is 9.12. The first kappa shape index (κ1) is 14.0. The summed E-state index contributed by atoms with van der Waals surface area (Å²) in [6.45, 7) is 4.11. The van der Waals surface area contributed by atoms with Crippen molar-refractivity contribution >= 4 is 5.69 Å². The molecule has 0 aliphatic carbocycles. The average molecular weight is 239 g/mol. The van der Waals surface area contributed by atoms with E-state index in [1.165, 1.54) is 0 Å². The lowest BCUT2D eigenvalue weighted by Gasteiger charge is -2.24. The minimum absolute atomic E-state index is 0.0597. The highest BCUT2D eigenvalue weighted by Crippen LogP contribution is 2.19. The van der Waals surface area contributed by atoms with Gasteiger partial charge in [-0.25, -0.2) is 0 Å². The van der Waals surface area contributed by atoms with Gasteiger partial charge in [0.05, 0.1) is 19.8 Å². The predicted octanol–water partition coefficient (Wildman–Crippen LogP) is 0.932. The van der Waals surface area contributed by atoms with Crippen molar-refractivity contribution in [1.29, 1.82) is 0 Å². The number of rotatable bonds is 7. The van der Waals surface area contributed by atoms with Crippen molar-refractivity contribution in [3.05, 3.63) is 29.3 Å². The van der Waals surface area contributed by atoms with Crippen LogP contribution in [-0.2, 0) is 11.3 Å². The number of benzene rings is 1. The van der Waals surface area contributed by atoms with Gasteiger partial charge in [-0.2, -0.15) is 0 Å². The van der Waals surface area contributed by atoms with Crippen molar-refractivity contribution in [3.63, 3.8) is 0 Å². The topological polar surface area (TPSA) is 52.9 Å². The second kappa shape index (κ2) is 7.27. The van der Waals surface area contributed by atoms with Gasteiger partial charge in [0.2, 0.25) is 0 Å². The molecule has 4 nitrogen and oxygen atoms in total. The highest BCUT2D eigenvalue weighted by molar-refractivity contribution is 5.50. The number of aliphatic hydroxyl groups excluding tert-OH is 2. The second-order valence-electron chi connectivity index (χ2n) is 3.97. The van der Waals surface area contributed by atoms with Crippen LogP contribution >= 0.6 is 0 Å². The van der Waals surface area contributed by atoms with E-state index in [1.54, 1.807) is 7.11 Å². The molecule has 0 saturated heterocycles. The van der Waals surface area contributed by atoms with Crippen LogP contribution in [0.3, 0.4) is 0 Å². The van der Waals surface area contributed by atoms with Gasteiger partial charge in [0, 0.05) is 25.9 Å². The van der Waals surface area contributed by atoms with Crippen molar-refractivity contribution in [1.82, 2.24) is 0 Å². The van der Waals surface area contributed by atoms with E-state index in [0.717, 1.165) is 23.4 Å². The zero-order chi connectivity index (χ0) is 12.7. The Kier molecular flexibility index (Phi) is 5.97. The Hall–Kier alpha value is -1.10. The Morgan fingerprint density at radius 3 is 2.53 bits per heavy atom. The molecule has 0 heterocycles. The summed E-state index contributed by atoms with van der Waals surface area (Å²) in [4.78, 5) is 2.07. The molecule has 0 bridgehead atoms. The molecule has 0 atom stereocenters. The van der Waals surface area contributed by atoms with E-state index >= 15 is 0 Å². The molecule has 4 heteroatoms. The molecular weight excluding hydrogens is 218 g/mol. The molecule has 1 aromatic carbocycles. The summed E-state index contributed by atoms with van der Waals surface area (Å²) in [5.74, 6) is 0. The molecule has 0 unspecified atom stereocenters. The Morgan fingerprint density at radius 2 is 2.00 bits per heavy atom. The van der Waals surface area contributed by atoms with E-state index in [4.69, 9.17) is 14.9 Å². The van der Waals surface area contributed by atoms with Crippen LogP contribution < -0.4 is 4.90 Å². The molecule has 1 rings (SSSR count). The maximum Gasteiger partial charge on any atom is 0.0684 e. The van der Waals surface area contributed by atoms with E-state index in [0.29, 0.717) is 13.2 Å². The van der Waals surface area contributed by atoms with Crippen LogP contribution in [0.1, 0.15) is 11.1 Å². The molecule has 0 fully saturated rings. The molecule has 0 radical (unpaired) electrons. The van der Waals surface area contributed by atoms with Gasteiger partial charge in [0.25, 0.3) is 0 Å². The smallest absolute Gasteiger partial charge is 0.0684 e. The average Bonchev–Trinajstić information content (AvgIpc) is 2.34. The molecule has 0 saturated carbocycles. The van der Waals surface area contributed by atoms with Crippen molar-refractivity contribution < 1.29 is 14.9 Å². The summed E-state index contributed by atoms with van der Waals surface area (Å²) in [5.41, 5.74) is 3.04. The number of ether oxygens (including phenoxy) is 1. The number of nitrogens with zero attached hydrogens (tertiary/aromatic N) is 1. The molecule has 17 heavy (non-hydrogen) atoms. The normalized spacial score (nSPS) is 10.6. The van der Waals surface area contributed by atoms with Gasteiger partial charge in [-0.15, -0.1) is 0 Å². The molecule has 1 aromatic rings. The van der Waals surface area contributed by atoms with Gasteiger partial charge in [-0.05, 0) is 30.2 Å². The fourth-order valence-electron chi connectivity index (χ4n) is 1.75. The molecule has 0 amide bonds. The third-order valence-corrected chi connectivity index (χ3v) is 2.80. The SMILES string of the molecule is COCCN(CCO)c1ccc(CO)c(C)c1. The number of aliphatic hydroxyl groups is 2. The summed E-state index contributed by atoms with van der Waals surface area (Å²) in [7, 11) is 1.66. The number of hydrogen-bond donors (Lipinski definition) is 2. The molecule has 0 aromatic heterocycles. The minimum atomic E-state index is 0.0597. The Balaban J connectivity index is 2.82. The van der Waals surface area contributed by atoms with E-state index in [9.17, 15) is 0 Å². The number of hydrogen-bond acceptors (Lipinski definition) is 4. The standard InChI is InChI=1S/C13H21NO3/c1-11-9-13(4-3-12(11)10-16)14(5-7-15)6-8-17-2/h3-4,9,15-16H,5-8,10H2,1-2H3. The van der Waals surface area contributed by atoms with Crippen LogP contribution in [0.4, 0.5) is 5.69 Å². The summed E-state index contributed by atoms with van der Waals surface area (Å²) in [6, 6.07) is 5.91. The van der Waals surface area contributed by atoms with Crippen LogP contribution in [0.5, 0.6) is 0 Å². The lowest BCUT2D eigenvalue weighted by molar-refractivity contribution is 0.203. The maximum absolute atomic E-state index is 9.12. The molecule has 0 spiro atoms. The molecule has 96 valence electrons. The summed E-state index contributed by atoms with van der Waals surface area (Å²) < 4.78 is 5.05. The number of methoxy groups -OCH3 is 1. The second-order valence-corrected chi connectivity index (χ2v) is 3.97. The Morgan fingerprint density at radius 1 is 1.24 bits per heavy atom. The Bertz CT molecular complexity index is 341. The van der Waals surface area contributed by atoms with E-state index in [2.05, 4.69) is 4.90 Å². The lowest BCUT2D eigenvalue weighted by Crippen LogP contribution is -2.30. The van der Waals surface area contributed by atoms with Crippen LogP contribution in [0.15, 0.2) is 18.2 Å². The first-order chi connectivity index (χ1) is 8.22. The van der Waals surface area contributed by atoms with Crippen LogP contribution in [-0.4, -0.2) is 43.6 Å². The third kappa shape index (κ3) is 4.00. The van der Waals surface area contributed by atoms with Gasteiger partial charge < -0.3 is 19.8 Å². The van der Waals surface area contributed by atoms with Gasteiger partial charge in [0.1, 0.15) is 0 Å². The van der Waals surface area contributed by atoms with Gasteiger partial charge in [0.15, 0.2) is 0 Å². The highest BCUT2D eigenvalue weighted by Gasteiger charge is 2.07. The summed E-state index contributed by atoms with van der Waals surface area (Å²) >= 11 is 0. The van der Waals surface area contributed by atoms with Gasteiger partial charge in [-0.3, -0.25) is 0 Å². The van der Waals surface area contributed by atoms with Gasteiger partial charge in [-0.1, -0.05) is 6.07 Å². The van der Waals surface area contributed by atoms with Crippen molar-refractivity contribution in [2.45, 2.75) is 13.5 Å². The van der Waals surface area contributed by atoms with Crippen LogP contribution in [0.2, 0.25) is 0 Å². The highest BCUT2D eigenvalue weighted by atomic mass is 16.5. The molecular formula is C13H21NO3. The Labute approximate surface area is 102 Å². The molecule has 0 aliphatic rings. The van der Waals surface area contributed by atoms with E-state index in [-0.39, 0.29) is 13.2 Å². The summed E-state index contributed by atoms with van der Waals surface area (Å²) in [6.07, 6.45) is 0. The molecule has 0 aliphatic heterocycles. The fraction of sp³-hybridized carbons (Fsp3) is 0.538. The number of anilines is 1. The minimum Gasteiger partial charge on any atom is -0.395 e. The lowest BCUT2D eigenvalue weighted by atomic mass is 10.1.